The molecule has 1 aromatic carbocycles. The van der Waals surface area contributed by atoms with Crippen molar-refractivity contribution in [3.63, 3.8) is 0 Å². The van der Waals surface area contributed by atoms with E-state index in [1.54, 1.807) is 19.2 Å². The van der Waals surface area contributed by atoms with E-state index >= 15 is 0 Å². The van der Waals surface area contributed by atoms with Gasteiger partial charge in [-0.15, -0.1) is 0 Å². The number of nitrogens with one attached hydrogen (secondary N) is 1. The van der Waals surface area contributed by atoms with Gasteiger partial charge in [0.1, 0.15) is 11.3 Å². The highest BCUT2D eigenvalue weighted by atomic mass is 16.5. The van der Waals surface area contributed by atoms with Crippen molar-refractivity contribution in [3.8, 4) is 5.75 Å². The van der Waals surface area contributed by atoms with Crippen molar-refractivity contribution in [1.29, 1.82) is 0 Å². The third-order valence-corrected chi connectivity index (χ3v) is 2.95. The maximum atomic E-state index is 11.9. The van der Waals surface area contributed by atoms with E-state index < -0.39 is 0 Å². The van der Waals surface area contributed by atoms with Gasteiger partial charge in [0.2, 0.25) is 0 Å². The molecular formula is C13H19N5O2. The molecule has 1 N–H and O–H groups in total. The quantitative estimate of drug-likeness (QED) is 0.635. The predicted octanol–water partition coefficient (Wildman–Crippen LogP) is 0.554. The van der Waals surface area contributed by atoms with E-state index in [4.69, 9.17) is 4.74 Å². The minimum atomic E-state index is 0.320. The van der Waals surface area contributed by atoms with Crippen LogP contribution in [-0.4, -0.2) is 49.3 Å². The van der Waals surface area contributed by atoms with Crippen molar-refractivity contribution >= 4 is 17.0 Å². The van der Waals surface area contributed by atoms with Gasteiger partial charge in [-0.05, 0) is 31.4 Å². The van der Waals surface area contributed by atoms with E-state index in [1.165, 1.54) is 0 Å². The van der Waals surface area contributed by atoms with Crippen molar-refractivity contribution < 1.29 is 9.58 Å². The van der Waals surface area contributed by atoms with E-state index in [0.29, 0.717) is 34.1 Å². The SMILES string of the molecule is COc1cc2nc(NCCN(C)C)n[n+]([O-])c2cc1C. The van der Waals surface area contributed by atoms with Gasteiger partial charge in [0.15, 0.2) is 0 Å². The molecule has 0 unspecified atom stereocenters. The molecular weight excluding hydrogens is 258 g/mol. The van der Waals surface area contributed by atoms with Gasteiger partial charge in [0, 0.05) is 25.2 Å². The molecule has 0 aliphatic carbocycles. The highest BCUT2D eigenvalue weighted by Gasteiger charge is 2.13. The zero-order valence-electron chi connectivity index (χ0n) is 12.2. The van der Waals surface area contributed by atoms with Gasteiger partial charge < -0.3 is 20.2 Å². The lowest BCUT2D eigenvalue weighted by Gasteiger charge is -2.10. The Balaban J connectivity index is 2.32. The van der Waals surface area contributed by atoms with Crippen LogP contribution in [0.2, 0.25) is 0 Å². The third kappa shape index (κ3) is 3.05. The van der Waals surface area contributed by atoms with Gasteiger partial charge in [-0.1, -0.05) is 0 Å². The smallest absolute Gasteiger partial charge is 0.290 e. The van der Waals surface area contributed by atoms with Crippen LogP contribution in [-0.2, 0) is 0 Å². The summed E-state index contributed by atoms with van der Waals surface area (Å²) in [6, 6.07) is 3.47. The summed E-state index contributed by atoms with van der Waals surface area (Å²) >= 11 is 0. The lowest BCUT2D eigenvalue weighted by molar-refractivity contribution is -0.641. The number of aromatic nitrogens is 3. The molecule has 2 aromatic rings. The molecule has 0 bridgehead atoms. The van der Waals surface area contributed by atoms with E-state index in [1.807, 2.05) is 25.9 Å². The molecule has 0 spiro atoms. The van der Waals surface area contributed by atoms with Crippen LogP contribution in [0.25, 0.3) is 11.0 Å². The van der Waals surface area contributed by atoms with Gasteiger partial charge in [-0.3, -0.25) is 0 Å². The Morgan fingerprint density at radius 1 is 1.40 bits per heavy atom. The van der Waals surface area contributed by atoms with Crippen LogP contribution in [0, 0.1) is 12.1 Å². The Labute approximate surface area is 117 Å². The Kier molecular flexibility index (Phi) is 4.19. The molecule has 7 nitrogen and oxygen atoms in total. The second-order valence-corrected chi connectivity index (χ2v) is 4.85. The molecule has 2 rings (SSSR count). The highest BCUT2D eigenvalue weighted by Crippen LogP contribution is 2.22. The average molecular weight is 277 g/mol. The van der Waals surface area contributed by atoms with Gasteiger partial charge in [0.05, 0.1) is 12.2 Å². The highest BCUT2D eigenvalue weighted by molar-refractivity contribution is 5.75. The number of anilines is 1. The van der Waals surface area contributed by atoms with Crippen molar-refractivity contribution in [2.24, 2.45) is 0 Å². The number of fused-ring (bicyclic) bond motifs is 1. The van der Waals surface area contributed by atoms with Gasteiger partial charge in [-0.25, -0.2) is 4.98 Å². The molecule has 20 heavy (non-hydrogen) atoms. The first-order valence-electron chi connectivity index (χ1n) is 6.36. The number of aryl methyl sites for hydroxylation is 1. The predicted molar refractivity (Wildman–Crippen MR) is 76.8 cm³/mol. The topological polar surface area (TPSA) is 77.2 Å². The van der Waals surface area contributed by atoms with Crippen LogP contribution in [0.1, 0.15) is 5.56 Å². The minimum absolute atomic E-state index is 0.320. The van der Waals surface area contributed by atoms with Crippen LogP contribution in [0.4, 0.5) is 5.95 Å². The molecule has 1 aromatic heterocycles. The molecule has 0 radical (unpaired) electrons. The number of hydrogen-bond donors (Lipinski definition) is 1. The molecule has 0 aliphatic heterocycles. The van der Waals surface area contributed by atoms with Gasteiger partial charge >= 0.3 is 0 Å². The molecule has 0 amide bonds. The molecule has 0 saturated carbocycles. The minimum Gasteiger partial charge on any atom is -0.594 e. The fourth-order valence-corrected chi connectivity index (χ4v) is 1.87. The fraction of sp³-hybridized carbons (Fsp3) is 0.462. The normalized spacial score (nSPS) is 11.1. The molecule has 0 atom stereocenters. The zero-order chi connectivity index (χ0) is 14.7. The van der Waals surface area contributed by atoms with E-state index in [2.05, 4.69) is 15.4 Å². The van der Waals surface area contributed by atoms with Crippen LogP contribution < -0.4 is 14.9 Å². The standard InChI is InChI=1S/C13H19N5O2/c1-9-7-11-10(8-12(9)20-4)15-13(16-18(11)19)14-5-6-17(2)3/h7-8H,5-6H2,1-4H3,(H,14,15,16). The number of methoxy groups -OCH3 is 1. The largest absolute Gasteiger partial charge is 0.594 e. The van der Waals surface area contributed by atoms with Crippen LogP contribution in [0.5, 0.6) is 5.75 Å². The molecule has 0 saturated heterocycles. The average Bonchev–Trinajstić information content (AvgIpc) is 2.38. The Morgan fingerprint density at radius 3 is 2.80 bits per heavy atom. The first kappa shape index (κ1) is 14.3. The second kappa shape index (κ2) is 5.87. The third-order valence-electron chi connectivity index (χ3n) is 2.95. The first-order valence-corrected chi connectivity index (χ1v) is 6.36. The molecule has 1 heterocycles. The summed E-state index contributed by atoms with van der Waals surface area (Å²) in [5.41, 5.74) is 1.87. The number of ether oxygens (including phenoxy) is 1. The Hall–Kier alpha value is -2.15. The summed E-state index contributed by atoms with van der Waals surface area (Å²) < 4.78 is 5.25. The van der Waals surface area contributed by atoms with E-state index in [-0.39, 0.29) is 0 Å². The molecule has 0 aliphatic rings. The van der Waals surface area contributed by atoms with Crippen molar-refractivity contribution in [2.75, 3.05) is 39.6 Å². The summed E-state index contributed by atoms with van der Waals surface area (Å²) in [5, 5.41) is 18.8. The lowest BCUT2D eigenvalue weighted by atomic mass is 10.2. The number of benzene rings is 1. The molecule has 0 fully saturated rings. The van der Waals surface area contributed by atoms with Crippen molar-refractivity contribution in [3.05, 3.63) is 22.9 Å². The fourth-order valence-electron chi connectivity index (χ4n) is 1.87. The van der Waals surface area contributed by atoms with Crippen molar-refractivity contribution in [2.45, 2.75) is 6.92 Å². The number of rotatable bonds is 5. The maximum Gasteiger partial charge on any atom is 0.290 e. The molecule has 108 valence electrons. The van der Waals surface area contributed by atoms with Crippen LogP contribution in [0.15, 0.2) is 12.1 Å². The van der Waals surface area contributed by atoms with E-state index in [0.717, 1.165) is 12.1 Å². The summed E-state index contributed by atoms with van der Waals surface area (Å²) in [5.74, 6) is 1.02. The summed E-state index contributed by atoms with van der Waals surface area (Å²) in [4.78, 5) is 6.96. The molecule has 7 heteroatoms. The first-order chi connectivity index (χ1) is 9.51. The number of hydrogen-bond acceptors (Lipinski definition) is 6. The van der Waals surface area contributed by atoms with Crippen LogP contribution in [0.3, 0.4) is 0 Å². The maximum absolute atomic E-state index is 11.9. The Bertz CT molecular complexity index is 615. The Morgan fingerprint density at radius 2 is 2.15 bits per heavy atom. The van der Waals surface area contributed by atoms with Gasteiger partial charge in [-0.2, -0.15) is 0 Å². The number of likely N-dealkylation sites (N-methyl/N-ethyl adjacent to an activating group) is 1. The summed E-state index contributed by atoms with van der Waals surface area (Å²) in [6.07, 6.45) is 0. The second-order valence-electron chi connectivity index (χ2n) is 4.85. The summed E-state index contributed by atoms with van der Waals surface area (Å²) in [7, 11) is 5.55. The summed E-state index contributed by atoms with van der Waals surface area (Å²) in [6.45, 7) is 3.38. The van der Waals surface area contributed by atoms with Crippen molar-refractivity contribution in [1.82, 2.24) is 15.0 Å². The van der Waals surface area contributed by atoms with Gasteiger partial charge in [0.25, 0.3) is 11.5 Å². The van der Waals surface area contributed by atoms with E-state index in [9.17, 15) is 5.21 Å². The monoisotopic (exact) mass is 277 g/mol. The zero-order valence-corrected chi connectivity index (χ0v) is 12.2. The van der Waals surface area contributed by atoms with Crippen LogP contribution >= 0.6 is 0 Å². The lowest BCUT2D eigenvalue weighted by Crippen LogP contribution is -2.34. The number of nitrogens with zero attached hydrogens (tertiary/aromatic N) is 4.